The smallest absolute Gasteiger partial charge is 0.303 e. The van der Waals surface area contributed by atoms with Crippen LogP contribution in [0, 0.1) is 0 Å². The molecule has 150 valence electrons. The number of nitrogens with zero attached hydrogens (tertiary/aromatic N) is 1. The number of benzene rings is 2. The first-order chi connectivity index (χ1) is 13.3. The number of hydrogen-bond donors (Lipinski definition) is 1. The molecule has 0 aliphatic rings. The Labute approximate surface area is 167 Å². The normalized spacial score (nSPS) is 11.5. The summed E-state index contributed by atoms with van der Waals surface area (Å²) in [6.45, 7) is 7.58. The molecule has 0 radical (unpaired) electrons. The van der Waals surface area contributed by atoms with Gasteiger partial charge in [0.1, 0.15) is 12.4 Å². The highest BCUT2D eigenvalue weighted by Crippen LogP contribution is 2.21. The number of rotatable bonds is 10. The summed E-state index contributed by atoms with van der Waals surface area (Å²) in [6, 6.07) is 15.8. The molecular formula is C23H29NO4. The Balaban J connectivity index is 1.62. The Morgan fingerprint density at radius 3 is 2.32 bits per heavy atom. The van der Waals surface area contributed by atoms with Gasteiger partial charge in [-0.3, -0.25) is 4.79 Å². The number of aryl methyl sites for hydroxylation is 1. The number of ether oxygens (including phenoxy) is 1. The molecule has 0 saturated carbocycles. The lowest BCUT2D eigenvalue weighted by Gasteiger charge is -2.18. The minimum absolute atomic E-state index is 0.138. The fraction of sp³-hybridized carbons (Fsp3) is 0.391. The Morgan fingerprint density at radius 1 is 1.04 bits per heavy atom. The molecule has 0 aromatic heterocycles. The van der Waals surface area contributed by atoms with Crippen LogP contribution in [0.5, 0.6) is 5.75 Å². The van der Waals surface area contributed by atoms with E-state index in [9.17, 15) is 4.79 Å². The van der Waals surface area contributed by atoms with Crippen molar-refractivity contribution in [1.29, 1.82) is 0 Å². The molecule has 2 aromatic rings. The molecule has 0 heterocycles. The summed E-state index contributed by atoms with van der Waals surface area (Å²) < 4.78 is 5.65. The zero-order valence-electron chi connectivity index (χ0n) is 16.9. The van der Waals surface area contributed by atoms with Crippen LogP contribution in [-0.4, -0.2) is 30.5 Å². The molecule has 5 nitrogen and oxygen atoms in total. The van der Waals surface area contributed by atoms with Crippen molar-refractivity contribution < 1.29 is 19.5 Å². The second-order valence-electron chi connectivity index (χ2n) is 7.68. The van der Waals surface area contributed by atoms with Gasteiger partial charge < -0.3 is 14.7 Å². The van der Waals surface area contributed by atoms with E-state index in [1.807, 2.05) is 36.4 Å². The summed E-state index contributed by atoms with van der Waals surface area (Å²) in [7, 11) is 0. The van der Waals surface area contributed by atoms with Crippen LogP contribution in [0.4, 0.5) is 0 Å². The summed E-state index contributed by atoms with van der Waals surface area (Å²) in [6.07, 6.45) is 3.10. The van der Waals surface area contributed by atoms with Gasteiger partial charge in [0.05, 0.1) is 12.8 Å². The van der Waals surface area contributed by atoms with E-state index in [0.717, 1.165) is 23.3 Å². The molecule has 0 unspecified atom stereocenters. The highest BCUT2D eigenvalue weighted by atomic mass is 16.6. The van der Waals surface area contributed by atoms with Gasteiger partial charge in [-0.1, -0.05) is 62.3 Å². The van der Waals surface area contributed by atoms with Crippen molar-refractivity contribution in [2.75, 3.05) is 13.2 Å². The topological polar surface area (TPSA) is 68.1 Å². The number of aliphatic carboxylic acids is 1. The largest absolute Gasteiger partial charge is 0.493 e. The Bertz CT molecular complexity index is 759. The zero-order chi connectivity index (χ0) is 20.4. The Hall–Kier alpha value is -2.82. The molecule has 0 bridgehead atoms. The predicted molar refractivity (Wildman–Crippen MR) is 111 cm³/mol. The van der Waals surface area contributed by atoms with E-state index in [4.69, 9.17) is 14.7 Å². The first kappa shape index (κ1) is 21.5. The minimum Gasteiger partial charge on any atom is -0.493 e. The summed E-state index contributed by atoms with van der Waals surface area (Å²) in [5.41, 5.74) is 3.43. The third-order valence-corrected chi connectivity index (χ3v) is 4.25. The van der Waals surface area contributed by atoms with Crippen molar-refractivity contribution in [2.45, 2.75) is 45.4 Å². The van der Waals surface area contributed by atoms with Gasteiger partial charge in [-0.15, -0.1) is 0 Å². The molecule has 0 atom stereocenters. The van der Waals surface area contributed by atoms with Crippen LogP contribution >= 0.6 is 0 Å². The van der Waals surface area contributed by atoms with Crippen LogP contribution in [0.3, 0.4) is 0 Å². The second-order valence-corrected chi connectivity index (χ2v) is 7.68. The quantitative estimate of drug-likeness (QED) is 0.363. The molecular weight excluding hydrogens is 354 g/mol. The van der Waals surface area contributed by atoms with Crippen LogP contribution < -0.4 is 4.74 Å². The third kappa shape index (κ3) is 7.82. The van der Waals surface area contributed by atoms with Gasteiger partial charge in [0.25, 0.3) is 0 Å². The molecule has 0 saturated heterocycles. The number of carboxylic acid groups (broad SMARTS) is 1. The van der Waals surface area contributed by atoms with E-state index < -0.39 is 5.97 Å². The van der Waals surface area contributed by atoms with E-state index in [1.165, 1.54) is 5.56 Å². The lowest BCUT2D eigenvalue weighted by atomic mass is 9.87. The summed E-state index contributed by atoms with van der Waals surface area (Å²) in [5, 5.41) is 12.7. The van der Waals surface area contributed by atoms with E-state index in [0.29, 0.717) is 19.6 Å². The molecule has 5 heteroatoms. The maximum atomic E-state index is 10.6. The lowest BCUT2D eigenvalue weighted by Crippen LogP contribution is -2.10. The van der Waals surface area contributed by atoms with Crippen molar-refractivity contribution in [1.82, 2.24) is 0 Å². The average Bonchev–Trinajstić information content (AvgIpc) is 2.66. The van der Waals surface area contributed by atoms with Gasteiger partial charge in [0.2, 0.25) is 0 Å². The summed E-state index contributed by atoms with van der Waals surface area (Å²) in [5.74, 6) is -0.0218. The lowest BCUT2D eigenvalue weighted by molar-refractivity contribution is -0.136. The molecule has 0 aliphatic carbocycles. The van der Waals surface area contributed by atoms with Crippen molar-refractivity contribution in [3.63, 3.8) is 0 Å². The van der Waals surface area contributed by atoms with Crippen molar-refractivity contribution in [3.05, 3.63) is 65.2 Å². The van der Waals surface area contributed by atoms with Gasteiger partial charge in [-0.05, 0) is 40.7 Å². The molecule has 2 aromatic carbocycles. The van der Waals surface area contributed by atoms with Crippen molar-refractivity contribution in [3.8, 4) is 5.75 Å². The minimum atomic E-state index is -0.787. The molecule has 2 rings (SSSR count). The Kier molecular flexibility index (Phi) is 8.05. The maximum absolute atomic E-state index is 10.6. The SMILES string of the molecule is CC(C)(C)c1ccc(C=NOCCCOc2ccc(CCC(=O)O)cc2)cc1. The first-order valence-electron chi connectivity index (χ1n) is 9.54. The Morgan fingerprint density at radius 2 is 1.71 bits per heavy atom. The molecule has 0 aliphatic heterocycles. The van der Waals surface area contributed by atoms with E-state index in [2.05, 4.69) is 38.1 Å². The highest BCUT2D eigenvalue weighted by Gasteiger charge is 2.12. The predicted octanol–water partition coefficient (Wildman–Crippen LogP) is 4.82. The monoisotopic (exact) mass is 383 g/mol. The van der Waals surface area contributed by atoms with Crippen LogP contribution in [0.1, 0.15) is 50.3 Å². The van der Waals surface area contributed by atoms with E-state index in [-0.39, 0.29) is 11.8 Å². The van der Waals surface area contributed by atoms with Crippen molar-refractivity contribution in [2.24, 2.45) is 5.16 Å². The fourth-order valence-corrected chi connectivity index (χ4v) is 2.54. The average molecular weight is 383 g/mol. The first-order valence-corrected chi connectivity index (χ1v) is 9.54. The molecule has 1 N–H and O–H groups in total. The number of oxime groups is 1. The van der Waals surface area contributed by atoms with Crippen LogP contribution in [-0.2, 0) is 21.5 Å². The maximum Gasteiger partial charge on any atom is 0.303 e. The summed E-state index contributed by atoms with van der Waals surface area (Å²) in [4.78, 5) is 15.9. The van der Waals surface area contributed by atoms with Gasteiger partial charge in [-0.25, -0.2) is 0 Å². The molecule has 0 spiro atoms. The van der Waals surface area contributed by atoms with Crippen LogP contribution in [0.25, 0.3) is 0 Å². The van der Waals surface area contributed by atoms with Crippen LogP contribution in [0.15, 0.2) is 53.7 Å². The van der Waals surface area contributed by atoms with Gasteiger partial charge in [0, 0.05) is 12.8 Å². The van der Waals surface area contributed by atoms with Gasteiger partial charge >= 0.3 is 5.97 Å². The highest BCUT2D eigenvalue weighted by molar-refractivity contribution is 5.79. The second kappa shape index (κ2) is 10.5. The van der Waals surface area contributed by atoms with Crippen LogP contribution in [0.2, 0.25) is 0 Å². The standard InChI is InChI=1S/C23H29NO4/c1-23(2,3)20-10-5-19(6-11-20)17-24-28-16-4-15-27-21-12-7-18(8-13-21)9-14-22(25)26/h5-8,10-13,17H,4,9,14-16H2,1-3H3,(H,25,26). The fourth-order valence-electron chi connectivity index (χ4n) is 2.54. The van der Waals surface area contributed by atoms with E-state index >= 15 is 0 Å². The van der Waals surface area contributed by atoms with Crippen molar-refractivity contribution >= 4 is 12.2 Å². The molecule has 0 fully saturated rings. The summed E-state index contributed by atoms with van der Waals surface area (Å²) >= 11 is 0. The van der Waals surface area contributed by atoms with E-state index in [1.54, 1.807) is 6.21 Å². The van der Waals surface area contributed by atoms with Gasteiger partial charge in [-0.2, -0.15) is 0 Å². The van der Waals surface area contributed by atoms with Gasteiger partial charge in [0.15, 0.2) is 0 Å². The molecule has 0 amide bonds. The number of carbonyl (C=O) groups is 1. The molecule has 28 heavy (non-hydrogen) atoms. The zero-order valence-corrected chi connectivity index (χ0v) is 16.9. The third-order valence-electron chi connectivity index (χ3n) is 4.25. The number of hydrogen-bond acceptors (Lipinski definition) is 4. The number of carboxylic acids is 1.